The van der Waals surface area contributed by atoms with Gasteiger partial charge in [0.05, 0.1) is 10.6 Å². The molecule has 2 rings (SSSR count). The molecule has 1 N–H and O–H groups in total. The summed E-state index contributed by atoms with van der Waals surface area (Å²) in [6.45, 7) is 5.58. The lowest BCUT2D eigenvalue weighted by molar-refractivity contribution is -0.385. The van der Waals surface area contributed by atoms with Crippen LogP contribution in [-0.2, 0) is 6.42 Å². The number of rotatable bonds is 4. The summed E-state index contributed by atoms with van der Waals surface area (Å²) in [5, 5.41) is 14.1. The first-order valence-electron chi connectivity index (χ1n) is 6.45. The standard InChI is InChI=1S/C14H15N3O3S/c1-4-11-9(3)21-14(15-11)16-13(18)10-6-5-8(2)12(7-10)17(19)20/h5-7H,4H2,1-3H3,(H,15,16,18). The molecule has 7 heteroatoms. The molecule has 0 radical (unpaired) electrons. The number of aromatic nitrogens is 1. The maximum Gasteiger partial charge on any atom is 0.273 e. The Hall–Kier alpha value is -2.28. The zero-order chi connectivity index (χ0) is 15.6. The number of benzene rings is 1. The highest BCUT2D eigenvalue weighted by atomic mass is 32.1. The second-order valence-electron chi connectivity index (χ2n) is 4.59. The maximum absolute atomic E-state index is 12.1. The van der Waals surface area contributed by atoms with Crippen molar-refractivity contribution in [3.8, 4) is 0 Å². The van der Waals surface area contributed by atoms with Crippen molar-refractivity contribution in [3.63, 3.8) is 0 Å². The highest BCUT2D eigenvalue weighted by Gasteiger charge is 2.16. The molecule has 0 aliphatic heterocycles. The zero-order valence-corrected chi connectivity index (χ0v) is 12.8. The van der Waals surface area contributed by atoms with Crippen LogP contribution in [0.25, 0.3) is 0 Å². The number of nitrogens with one attached hydrogen (secondary N) is 1. The molecule has 1 heterocycles. The summed E-state index contributed by atoms with van der Waals surface area (Å²) in [7, 11) is 0. The summed E-state index contributed by atoms with van der Waals surface area (Å²) < 4.78 is 0. The Balaban J connectivity index is 2.24. The first-order chi connectivity index (χ1) is 9.92. The van der Waals surface area contributed by atoms with E-state index >= 15 is 0 Å². The van der Waals surface area contributed by atoms with Gasteiger partial charge in [0.2, 0.25) is 0 Å². The number of nitro benzene ring substituents is 1. The quantitative estimate of drug-likeness (QED) is 0.692. The number of hydrogen-bond donors (Lipinski definition) is 1. The average Bonchev–Trinajstić information content (AvgIpc) is 2.78. The van der Waals surface area contributed by atoms with E-state index in [0.29, 0.717) is 10.7 Å². The maximum atomic E-state index is 12.1. The Bertz CT molecular complexity index is 709. The Kier molecular flexibility index (Phi) is 4.32. The van der Waals surface area contributed by atoms with E-state index in [-0.39, 0.29) is 11.3 Å². The van der Waals surface area contributed by atoms with Gasteiger partial charge in [-0.15, -0.1) is 11.3 Å². The van der Waals surface area contributed by atoms with Crippen molar-refractivity contribution in [3.05, 3.63) is 50.0 Å². The van der Waals surface area contributed by atoms with Crippen LogP contribution in [0.3, 0.4) is 0 Å². The number of nitrogens with zero attached hydrogens (tertiary/aromatic N) is 2. The van der Waals surface area contributed by atoms with Crippen LogP contribution in [0.4, 0.5) is 10.8 Å². The Morgan fingerprint density at radius 1 is 1.43 bits per heavy atom. The number of nitro groups is 1. The monoisotopic (exact) mass is 305 g/mol. The molecule has 0 aliphatic carbocycles. The lowest BCUT2D eigenvalue weighted by Crippen LogP contribution is -2.12. The van der Waals surface area contributed by atoms with Crippen LogP contribution in [-0.4, -0.2) is 15.8 Å². The first kappa shape index (κ1) is 15.1. The van der Waals surface area contributed by atoms with Gasteiger partial charge in [-0.3, -0.25) is 20.2 Å². The van der Waals surface area contributed by atoms with Crippen LogP contribution in [0.1, 0.15) is 33.4 Å². The zero-order valence-electron chi connectivity index (χ0n) is 12.0. The molecule has 1 aromatic carbocycles. The SMILES string of the molecule is CCc1nc(NC(=O)c2ccc(C)c([N+](=O)[O-])c2)sc1C. The molecular formula is C14H15N3O3S. The van der Waals surface area contributed by atoms with Crippen LogP contribution in [0.2, 0.25) is 0 Å². The Morgan fingerprint density at radius 2 is 2.14 bits per heavy atom. The molecule has 0 atom stereocenters. The third kappa shape index (κ3) is 3.25. The minimum Gasteiger partial charge on any atom is -0.298 e. The lowest BCUT2D eigenvalue weighted by atomic mass is 10.1. The molecule has 0 saturated carbocycles. The van der Waals surface area contributed by atoms with Crippen LogP contribution < -0.4 is 5.32 Å². The minimum atomic E-state index is -0.491. The highest BCUT2D eigenvalue weighted by Crippen LogP contribution is 2.24. The van der Waals surface area contributed by atoms with E-state index < -0.39 is 10.8 Å². The number of hydrogen-bond acceptors (Lipinski definition) is 5. The molecule has 0 bridgehead atoms. The van der Waals surface area contributed by atoms with Gasteiger partial charge in [0.15, 0.2) is 5.13 Å². The normalized spacial score (nSPS) is 10.4. The highest BCUT2D eigenvalue weighted by molar-refractivity contribution is 7.15. The molecule has 0 fully saturated rings. The third-order valence-corrected chi connectivity index (χ3v) is 4.04. The van der Waals surface area contributed by atoms with Gasteiger partial charge in [-0.2, -0.15) is 0 Å². The second-order valence-corrected chi connectivity index (χ2v) is 5.79. The summed E-state index contributed by atoms with van der Waals surface area (Å²) in [5.41, 5.74) is 1.66. The van der Waals surface area contributed by atoms with Crippen molar-refractivity contribution in [1.82, 2.24) is 4.98 Å². The molecule has 6 nitrogen and oxygen atoms in total. The number of amides is 1. The second kappa shape index (κ2) is 6.01. The molecule has 2 aromatic rings. The largest absolute Gasteiger partial charge is 0.298 e. The molecule has 0 unspecified atom stereocenters. The Morgan fingerprint density at radius 3 is 2.71 bits per heavy atom. The van der Waals surface area contributed by atoms with Gasteiger partial charge in [0.1, 0.15) is 0 Å². The molecule has 110 valence electrons. The van der Waals surface area contributed by atoms with E-state index in [1.54, 1.807) is 19.1 Å². The van der Waals surface area contributed by atoms with Crippen LogP contribution in [0, 0.1) is 24.0 Å². The van der Waals surface area contributed by atoms with Gasteiger partial charge in [-0.05, 0) is 26.3 Å². The van der Waals surface area contributed by atoms with Crippen molar-refractivity contribution in [1.29, 1.82) is 0 Å². The molecule has 0 aliphatic rings. The summed E-state index contributed by atoms with van der Waals surface area (Å²) >= 11 is 1.40. The van der Waals surface area contributed by atoms with E-state index in [9.17, 15) is 14.9 Å². The van der Waals surface area contributed by atoms with Crippen molar-refractivity contribution in [2.75, 3.05) is 5.32 Å². The van der Waals surface area contributed by atoms with Crippen LogP contribution in [0.5, 0.6) is 0 Å². The number of carbonyl (C=O) groups is 1. The van der Waals surface area contributed by atoms with E-state index in [1.807, 2.05) is 13.8 Å². The fourth-order valence-electron chi connectivity index (χ4n) is 1.93. The Labute approximate surface area is 126 Å². The molecule has 1 aromatic heterocycles. The van der Waals surface area contributed by atoms with E-state index in [1.165, 1.54) is 17.4 Å². The summed E-state index contributed by atoms with van der Waals surface area (Å²) in [5.74, 6) is -0.394. The number of carbonyl (C=O) groups excluding carboxylic acids is 1. The number of thiazole rings is 1. The predicted molar refractivity (Wildman–Crippen MR) is 82.0 cm³/mol. The number of aryl methyl sites for hydroxylation is 3. The van der Waals surface area contributed by atoms with Crippen molar-refractivity contribution in [2.45, 2.75) is 27.2 Å². The van der Waals surface area contributed by atoms with E-state index in [4.69, 9.17) is 0 Å². The topological polar surface area (TPSA) is 85.1 Å². The predicted octanol–water partition coefficient (Wildman–Crippen LogP) is 3.48. The van der Waals surface area contributed by atoms with Gasteiger partial charge < -0.3 is 0 Å². The van der Waals surface area contributed by atoms with Gasteiger partial charge in [-0.25, -0.2) is 4.98 Å². The molecule has 0 saturated heterocycles. The smallest absolute Gasteiger partial charge is 0.273 e. The molecule has 21 heavy (non-hydrogen) atoms. The minimum absolute atomic E-state index is 0.0628. The fourth-order valence-corrected chi connectivity index (χ4v) is 2.82. The molecule has 0 spiro atoms. The van der Waals surface area contributed by atoms with Gasteiger partial charge in [0, 0.05) is 22.1 Å². The number of anilines is 1. The van der Waals surface area contributed by atoms with Crippen molar-refractivity contribution in [2.24, 2.45) is 0 Å². The van der Waals surface area contributed by atoms with Gasteiger partial charge in [0.25, 0.3) is 11.6 Å². The average molecular weight is 305 g/mol. The lowest BCUT2D eigenvalue weighted by Gasteiger charge is -2.03. The van der Waals surface area contributed by atoms with Crippen LogP contribution in [0.15, 0.2) is 18.2 Å². The van der Waals surface area contributed by atoms with Gasteiger partial charge in [-0.1, -0.05) is 13.0 Å². The van der Waals surface area contributed by atoms with Crippen molar-refractivity contribution >= 4 is 28.1 Å². The molecule has 1 amide bonds. The molecular weight excluding hydrogens is 290 g/mol. The summed E-state index contributed by atoms with van der Waals surface area (Å²) in [4.78, 5) is 27.9. The van der Waals surface area contributed by atoms with E-state index in [2.05, 4.69) is 10.3 Å². The summed E-state index contributed by atoms with van der Waals surface area (Å²) in [6, 6.07) is 4.42. The summed E-state index contributed by atoms with van der Waals surface area (Å²) in [6.07, 6.45) is 0.800. The third-order valence-electron chi connectivity index (χ3n) is 3.12. The van der Waals surface area contributed by atoms with Gasteiger partial charge >= 0.3 is 0 Å². The van der Waals surface area contributed by atoms with E-state index in [0.717, 1.165) is 17.0 Å². The van der Waals surface area contributed by atoms with Crippen molar-refractivity contribution < 1.29 is 9.72 Å². The first-order valence-corrected chi connectivity index (χ1v) is 7.26. The van der Waals surface area contributed by atoms with Crippen LogP contribution >= 0.6 is 11.3 Å². The fraction of sp³-hybridized carbons (Fsp3) is 0.286.